The van der Waals surface area contributed by atoms with Crippen LogP contribution in [0.2, 0.25) is 0 Å². The lowest BCUT2D eigenvalue weighted by molar-refractivity contribution is 0.177. The van der Waals surface area contributed by atoms with Gasteiger partial charge in [0.2, 0.25) is 0 Å². The molecule has 134 valence electrons. The molecule has 0 amide bonds. The highest BCUT2D eigenvalue weighted by atomic mass is 32.2. The molecule has 0 saturated carbocycles. The van der Waals surface area contributed by atoms with Crippen LogP contribution in [-0.4, -0.2) is 67.7 Å². The zero-order chi connectivity index (χ0) is 17.0. The Balaban J connectivity index is 1.75. The molecule has 2 fully saturated rings. The third-order valence-corrected chi connectivity index (χ3v) is 7.34. The Morgan fingerprint density at radius 3 is 2.29 bits per heavy atom. The van der Waals surface area contributed by atoms with Gasteiger partial charge in [0, 0.05) is 25.7 Å². The molecule has 0 aromatic heterocycles. The molecular formula is C18H29N3O2S. The molecule has 0 unspecified atom stereocenters. The van der Waals surface area contributed by atoms with Gasteiger partial charge in [0.25, 0.3) is 10.2 Å². The molecule has 0 aliphatic carbocycles. The largest absolute Gasteiger partial charge is 0.306 e. The van der Waals surface area contributed by atoms with Crippen LogP contribution in [0.5, 0.6) is 0 Å². The lowest BCUT2D eigenvalue weighted by Crippen LogP contribution is -2.51. The monoisotopic (exact) mass is 351 g/mol. The molecule has 6 heteroatoms. The standard InChI is InChI=1S/C18H29N3O2S/c1-19-14-10-18(11-15-19)21(16-9-17-7-3-2-4-8-17)24(22,23)20-12-5-6-13-20/h2-4,7-8,18H,5-6,9-16H2,1H3. The van der Waals surface area contributed by atoms with Crippen molar-refractivity contribution in [1.82, 2.24) is 13.5 Å². The minimum atomic E-state index is -3.34. The van der Waals surface area contributed by atoms with Gasteiger partial charge in [-0.15, -0.1) is 0 Å². The van der Waals surface area contributed by atoms with Crippen LogP contribution in [0.3, 0.4) is 0 Å². The van der Waals surface area contributed by atoms with Crippen molar-refractivity contribution in [2.75, 3.05) is 39.8 Å². The Hall–Kier alpha value is -0.950. The van der Waals surface area contributed by atoms with Crippen LogP contribution >= 0.6 is 0 Å². The maximum absolute atomic E-state index is 13.2. The fraction of sp³-hybridized carbons (Fsp3) is 0.667. The average molecular weight is 352 g/mol. The first-order valence-electron chi connectivity index (χ1n) is 9.07. The van der Waals surface area contributed by atoms with E-state index < -0.39 is 10.2 Å². The van der Waals surface area contributed by atoms with Gasteiger partial charge in [-0.2, -0.15) is 17.0 Å². The fourth-order valence-corrected chi connectivity index (χ4v) is 5.65. The lowest BCUT2D eigenvalue weighted by Gasteiger charge is -2.38. The van der Waals surface area contributed by atoms with Crippen molar-refractivity contribution >= 4 is 10.2 Å². The Kier molecular flexibility index (Phi) is 5.92. The topological polar surface area (TPSA) is 43.9 Å². The highest BCUT2D eigenvalue weighted by molar-refractivity contribution is 7.86. The van der Waals surface area contributed by atoms with Gasteiger partial charge >= 0.3 is 0 Å². The fourth-order valence-electron chi connectivity index (χ4n) is 3.72. The second-order valence-corrected chi connectivity index (χ2v) is 8.88. The van der Waals surface area contributed by atoms with Gasteiger partial charge in [-0.05, 0) is 57.8 Å². The molecule has 0 bridgehead atoms. The summed E-state index contributed by atoms with van der Waals surface area (Å²) in [4.78, 5) is 2.29. The Bertz CT molecular complexity index is 606. The van der Waals surface area contributed by atoms with E-state index in [1.165, 1.54) is 5.56 Å². The van der Waals surface area contributed by atoms with Gasteiger partial charge in [0.1, 0.15) is 0 Å². The van der Waals surface area contributed by atoms with Crippen molar-refractivity contribution in [3.05, 3.63) is 35.9 Å². The van der Waals surface area contributed by atoms with Crippen molar-refractivity contribution in [2.45, 2.75) is 38.1 Å². The number of piperidine rings is 1. The molecule has 0 atom stereocenters. The molecule has 2 aliphatic heterocycles. The van der Waals surface area contributed by atoms with Gasteiger partial charge in [-0.1, -0.05) is 30.3 Å². The Labute approximate surface area is 146 Å². The molecule has 2 aliphatic rings. The van der Waals surface area contributed by atoms with E-state index in [9.17, 15) is 8.42 Å². The van der Waals surface area contributed by atoms with Crippen molar-refractivity contribution in [2.24, 2.45) is 0 Å². The van der Waals surface area contributed by atoms with Crippen LogP contribution in [0.15, 0.2) is 30.3 Å². The van der Waals surface area contributed by atoms with Crippen molar-refractivity contribution in [3.8, 4) is 0 Å². The van der Waals surface area contributed by atoms with Crippen LogP contribution in [-0.2, 0) is 16.6 Å². The number of hydrogen-bond donors (Lipinski definition) is 0. The van der Waals surface area contributed by atoms with Gasteiger partial charge in [0.05, 0.1) is 0 Å². The second-order valence-electron chi connectivity index (χ2n) is 6.99. The van der Waals surface area contributed by atoms with Gasteiger partial charge < -0.3 is 4.90 Å². The SMILES string of the molecule is CN1CCC(N(CCc2ccccc2)S(=O)(=O)N2CCCC2)CC1. The summed E-state index contributed by atoms with van der Waals surface area (Å²) in [5.41, 5.74) is 1.20. The zero-order valence-corrected chi connectivity index (χ0v) is 15.4. The van der Waals surface area contributed by atoms with E-state index in [1.54, 1.807) is 8.61 Å². The quantitative estimate of drug-likeness (QED) is 0.787. The summed E-state index contributed by atoms with van der Waals surface area (Å²) in [6, 6.07) is 10.3. The number of benzene rings is 1. The molecule has 1 aromatic carbocycles. The summed E-state index contributed by atoms with van der Waals surface area (Å²) in [6.45, 7) is 3.88. The maximum atomic E-state index is 13.2. The minimum absolute atomic E-state index is 0.135. The smallest absolute Gasteiger partial charge is 0.282 e. The van der Waals surface area contributed by atoms with Gasteiger partial charge in [-0.25, -0.2) is 0 Å². The maximum Gasteiger partial charge on any atom is 0.282 e. The lowest BCUT2D eigenvalue weighted by atomic mass is 10.0. The average Bonchev–Trinajstić information content (AvgIpc) is 3.13. The Morgan fingerprint density at radius 1 is 1.04 bits per heavy atom. The molecule has 1 aromatic rings. The predicted octanol–water partition coefficient (Wildman–Crippen LogP) is 1.97. The highest BCUT2D eigenvalue weighted by Crippen LogP contribution is 2.24. The number of nitrogens with zero attached hydrogens (tertiary/aromatic N) is 3. The van der Waals surface area contributed by atoms with Crippen molar-refractivity contribution in [1.29, 1.82) is 0 Å². The van der Waals surface area contributed by atoms with E-state index in [0.717, 1.165) is 45.2 Å². The predicted molar refractivity (Wildman–Crippen MR) is 97.1 cm³/mol. The van der Waals surface area contributed by atoms with Gasteiger partial charge in [0.15, 0.2) is 0 Å². The molecule has 2 heterocycles. The van der Waals surface area contributed by atoms with Crippen LogP contribution in [0, 0.1) is 0 Å². The van der Waals surface area contributed by atoms with Crippen molar-refractivity contribution < 1.29 is 8.42 Å². The molecule has 2 saturated heterocycles. The first-order valence-corrected chi connectivity index (χ1v) is 10.5. The first-order chi connectivity index (χ1) is 11.6. The molecule has 0 radical (unpaired) electrons. The summed E-state index contributed by atoms with van der Waals surface area (Å²) >= 11 is 0. The van der Waals surface area contributed by atoms with Crippen LogP contribution < -0.4 is 0 Å². The summed E-state index contributed by atoms with van der Waals surface area (Å²) < 4.78 is 29.8. The van der Waals surface area contributed by atoms with E-state index >= 15 is 0 Å². The summed E-state index contributed by atoms with van der Waals surface area (Å²) in [5, 5.41) is 0. The number of rotatable bonds is 6. The summed E-state index contributed by atoms with van der Waals surface area (Å²) in [5.74, 6) is 0. The van der Waals surface area contributed by atoms with E-state index in [2.05, 4.69) is 24.1 Å². The zero-order valence-electron chi connectivity index (χ0n) is 14.6. The van der Waals surface area contributed by atoms with Crippen LogP contribution in [0.1, 0.15) is 31.2 Å². The first kappa shape index (κ1) is 17.9. The molecule has 0 spiro atoms. The third-order valence-electron chi connectivity index (χ3n) is 5.25. The normalized spacial score (nSPS) is 21.6. The van der Waals surface area contributed by atoms with E-state index in [1.807, 2.05) is 18.2 Å². The van der Waals surface area contributed by atoms with E-state index in [4.69, 9.17) is 0 Å². The van der Waals surface area contributed by atoms with Crippen LogP contribution in [0.4, 0.5) is 0 Å². The molecular weight excluding hydrogens is 322 g/mol. The second kappa shape index (κ2) is 7.95. The van der Waals surface area contributed by atoms with E-state index in [0.29, 0.717) is 19.6 Å². The molecule has 3 rings (SSSR count). The van der Waals surface area contributed by atoms with Crippen LogP contribution in [0.25, 0.3) is 0 Å². The van der Waals surface area contributed by atoms with Crippen molar-refractivity contribution in [3.63, 3.8) is 0 Å². The molecule has 24 heavy (non-hydrogen) atoms. The molecule has 0 N–H and O–H groups in total. The van der Waals surface area contributed by atoms with Gasteiger partial charge in [-0.3, -0.25) is 0 Å². The molecule has 5 nitrogen and oxygen atoms in total. The minimum Gasteiger partial charge on any atom is -0.306 e. The summed E-state index contributed by atoms with van der Waals surface area (Å²) in [6.07, 6.45) is 4.61. The van der Waals surface area contributed by atoms with E-state index in [-0.39, 0.29) is 6.04 Å². The number of likely N-dealkylation sites (tertiary alicyclic amines) is 1. The highest BCUT2D eigenvalue weighted by Gasteiger charge is 2.36. The Morgan fingerprint density at radius 2 is 1.67 bits per heavy atom. The number of hydrogen-bond acceptors (Lipinski definition) is 3. The third kappa shape index (κ3) is 4.17. The summed E-state index contributed by atoms with van der Waals surface area (Å²) in [7, 11) is -1.23.